The first-order chi connectivity index (χ1) is 12.1. The van der Waals surface area contributed by atoms with E-state index >= 15 is 0 Å². The number of pyridine rings is 1. The first-order valence-electron chi connectivity index (χ1n) is 8.10. The van der Waals surface area contributed by atoms with Crippen LogP contribution in [0.15, 0.2) is 29.2 Å². The van der Waals surface area contributed by atoms with Crippen LogP contribution in [0.25, 0.3) is 0 Å². The van der Waals surface area contributed by atoms with Crippen LogP contribution in [-0.2, 0) is 0 Å². The highest BCUT2D eigenvalue weighted by Crippen LogP contribution is 2.33. The van der Waals surface area contributed by atoms with E-state index in [1.165, 1.54) is 0 Å². The largest absolute Gasteiger partial charge is 0.354 e. The lowest BCUT2D eigenvalue weighted by Gasteiger charge is -2.29. The second-order valence-electron chi connectivity index (χ2n) is 5.84. The fraction of sp³-hybridized carbons (Fsp3) is 0.333. The highest BCUT2D eigenvalue weighted by Gasteiger charge is 2.17. The molecule has 1 aliphatic rings. The SMILES string of the molecule is CSc1ccc(Cl)cc1Nc1nc(N2CCNCC2)cc(C)c1C#N. The van der Waals surface area contributed by atoms with Crippen LogP contribution < -0.4 is 15.5 Å². The zero-order valence-electron chi connectivity index (χ0n) is 14.3. The number of hydrogen-bond acceptors (Lipinski definition) is 6. The Morgan fingerprint density at radius 2 is 2.08 bits per heavy atom. The molecule has 2 N–H and O–H groups in total. The second kappa shape index (κ2) is 7.96. The summed E-state index contributed by atoms with van der Waals surface area (Å²) in [4.78, 5) is 8.04. The number of benzene rings is 1. The molecule has 7 heteroatoms. The van der Waals surface area contributed by atoms with Crippen LogP contribution in [0.4, 0.5) is 17.3 Å². The molecule has 0 amide bonds. The third kappa shape index (κ3) is 4.01. The van der Waals surface area contributed by atoms with Gasteiger partial charge in [-0.2, -0.15) is 5.26 Å². The predicted octanol–water partition coefficient (Wildman–Crippen LogP) is 3.79. The van der Waals surface area contributed by atoms with Crippen molar-refractivity contribution in [1.29, 1.82) is 5.26 Å². The van der Waals surface area contributed by atoms with Gasteiger partial charge in [-0.15, -0.1) is 11.8 Å². The molecule has 0 saturated carbocycles. The van der Waals surface area contributed by atoms with Gasteiger partial charge in [0.25, 0.3) is 0 Å². The molecule has 0 radical (unpaired) electrons. The van der Waals surface area contributed by atoms with Crippen LogP contribution in [0.3, 0.4) is 0 Å². The number of nitriles is 1. The number of anilines is 3. The van der Waals surface area contributed by atoms with E-state index in [4.69, 9.17) is 16.6 Å². The molecule has 1 fully saturated rings. The fourth-order valence-corrected chi connectivity index (χ4v) is 3.55. The van der Waals surface area contributed by atoms with Crippen molar-refractivity contribution in [3.63, 3.8) is 0 Å². The Bertz CT molecular complexity index is 812. The van der Waals surface area contributed by atoms with E-state index in [2.05, 4.69) is 21.6 Å². The molecule has 0 unspecified atom stereocenters. The molecule has 2 aromatic rings. The van der Waals surface area contributed by atoms with Gasteiger partial charge in [0.15, 0.2) is 5.82 Å². The van der Waals surface area contributed by atoms with E-state index in [0.717, 1.165) is 48.1 Å². The quantitative estimate of drug-likeness (QED) is 0.795. The molecule has 1 aliphatic heterocycles. The molecular weight excluding hydrogens is 354 g/mol. The summed E-state index contributed by atoms with van der Waals surface area (Å²) in [5.41, 5.74) is 2.34. The molecule has 1 aromatic carbocycles. The van der Waals surface area contributed by atoms with Gasteiger partial charge in [0.2, 0.25) is 0 Å². The lowest BCUT2D eigenvalue weighted by atomic mass is 10.1. The smallest absolute Gasteiger partial charge is 0.151 e. The van der Waals surface area contributed by atoms with E-state index in [9.17, 15) is 5.26 Å². The summed E-state index contributed by atoms with van der Waals surface area (Å²) in [6.07, 6.45) is 2.01. The topological polar surface area (TPSA) is 64.0 Å². The van der Waals surface area contributed by atoms with Gasteiger partial charge >= 0.3 is 0 Å². The monoisotopic (exact) mass is 373 g/mol. The van der Waals surface area contributed by atoms with Crippen LogP contribution in [0, 0.1) is 18.3 Å². The minimum absolute atomic E-state index is 0.561. The number of rotatable bonds is 4. The summed E-state index contributed by atoms with van der Waals surface area (Å²) in [6.45, 7) is 5.64. The zero-order chi connectivity index (χ0) is 17.8. The molecule has 3 rings (SSSR count). The van der Waals surface area contributed by atoms with Crippen molar-refractivity contribution in [2.45, 2.75) is 11.8 Å². The Hall–Kier alpha value is -1.94. The normalized spacial score (nSPS) is 14.2. The van der Waals surface area contributed by atoms with Crippen molar-refractivity contribution in [3.8, 4) is 6.07 Å². The van der Waals surface area contributed by atoms with Gasteiger partial charge in [-0.25, -0.2) is 4.98 Å². The lowest BCUT2D eigenvalue weighted by Crippen LogP contribution is -2.44. The number of hydrogen-bond donors (Lipinski definition) is 2. The number of aromatic nitrogens is 1. The lowest BCUT2D eigenvalue weighted by molar-refractivity contribution is 0.585. The third-order valence-corrected chi connectivity index (χ3v) is 5.20. The van der Waals surface area contributed by atoms with Crippen molar-refractivity contribution in [2.24, 2.45) is 0 Å². The van der Waals surface area contributed by atoms with Gasteiger partial charge in [-0.05, 0) is 43.0 Å². The average Bonchev–Trinajstić information content (AvgIpc) is 2.62. The Kier molecular flexibility index (Phi) is 5.69. The molecule has 2 heterocycles. The van der Waals surface area contributed by atoms with Crippen molar-refractivity contribution in [3.05, 3.63) is 40.4 Å². The standard InChI is InChI=1S/C18H20ClN5S/c1-12-9-17(24-7-5-21-6-8-24)23-18(14(12)11-20)22-15-10-13(19)3-4-16(15)25-2/h3-4,9-10,21H,5-8H2,1-2H3,(H,22,23). The Balaban J connectivity index is 2.01. The van der Waals surface area contributed by atoms with Crippen LogP contribution in [0.2, 0.25) is 5.02 Å². The predicted molar refractivity (Wildman–Crippen MR) is 105 cm³/mol. The van der Waals surface area contributed by atoms with E-state index in [1.54, 1.807) is 11.8 Å². The highest BCUT2D eigenvalue weighted by atomic mass is 35.5. The summed E-state index contributed by atoms with van der Waals surface area (Å²) in [6, 6.07) is 9.95. The van der Waals surface area contributed by atoms with Gasteiger partial charge in [0.1, 0.15) is 11.9 Å². The molecule has 0 bridgehead atoms. The van der Waals surface area contributed by atoms with Gasteiger partial charge in [0.05, 0.1) is 11.3 Å². The maximum Gasteiger partial charge on any atom is 0.151 e. The number of halogens is 1. The van der Waals surface area contributed by atoms with E-state index in [1.807, 2.05) is 37.4 Å². The van der Waals surface area contributed by atoms with Gasteiger partial charge in [0, 0.05) is 36.1 Å². The highest BCUT2D eigenvalue weighted by molar-refractivity contribution is 7.98. The summed E-state index contributed by atoms with van der Waals surface area (Å²) in [5, 5.41) is 16.9. The van der Waals surface area contributed by atoms with Crippen LogP contribution in [0.5, 0.6) is 0 Å². The minimum Gasteiger partial charge on any atom is -0.354 e. The van der Waals surface area contributed by atoms with E-state index in [-0.39, 0.29) is 0 Å². The third-order valence-electron chi connectivity index (χ3n) is 4.17. The van der Waals surface area contributed by atoms with Crippen molar-refractivity contribution >= 4 is 40.7 Å². The van der Waals surface area contributed by atoms with Crippen LogP contribution in [0.1, 0.15) is 11.1 Å². The molecular formula is C18H20ClN5S. The number of piperazine rings is 1. The molecule has 130 valence electrons. The Morgan fingerprint density at radius 1 is 1.32 bits per heavy atom. The van der Waals surface area contributed by atoms with Gasteiger partial charge in [-0.3, -0.25) is 0 Å². The molecule has 25 heavy (non-hydrogen) atoms. The first-order valence-corrected chi connectivity index (χ1v) is 9.70. The number of nitrogens with zero attached hydrogens (tertiary/aromatic N) is 3. The molecule has 0 atom stereocenters. The number of aryl methyl sites for hydroxylation is 1. The summed E-state index contributed by atoms with van der Waals surface area (Å²) >= 11 is 7.77. The summed E-state index contributed by atoms with van der Waals surface area (Å²) in [7, 11) is 0. The second-order valence-corrected chi connectivity index (χ2v) is 7.12. The van der Waals surface area contributed by atoms with Crippen LogP contribution in [-0.4, -0.2) is 37.4 Å². The average molecular weight is 374 g/mol. The molecule has 1 aromatic heterocycles. The number of nitrogens with one attached hydrogen (secondary N) is 2. The van der Waals surface area contributed by atoms with E-state index < -0.39 is 0 Å². The zero-order valence-corrected chi connectivity index (χ0v) is 15.8. The summed E-state index contributed by atoms with van der Waals surface area (Å²) < 4.78 is 0. The molecule has 5 nitrogen and oxygen atoms in total. The molecule has 0 spiro atoms. The number of thioether (sulfide) groups is 1. The molecule has 1 saturated heterocycles. The maximum atomic E-state index is 9.57. The Morgan fingerprint density at radius 3 is 2.76 bits per heavy atom. The van der Waals surface area contributed by atoms with Gasteiger partial charge in [-0.1, -0.05) is 11.6 Å². The maximum absolute atomic E-state index is 9.57. The van der Waals surface area contributed by atoms with Crippen molar-refractivity contribution in [1.82, 2.24) is 10.3 Å². The van der Waals surface area contributed by atoms with Crippen molar-refractivity contribution in [2.75, 3.05) is 42.7 Å². The van der Waals surface area contributed by atoms with Gasteiger partial charge < -0.3 is 15.5 Å². The van der Waals surface area contributed by atoms with Crippen LogP contribution >= 0.6 is 23.4 Å². The fourth-order valence-electron chi connectivity index (χ4n) is 2.85. The first kappa shape index (κ1) is 17.9. The van der Waals surface area contributed by atoms with E-state index in [0.29, 0.717) is 16.4 Å². The minimum atomic E-state index is 0.561. The molecule has 0 aliphatic carbocycles. The summed E-state index contributed by atoms with van der Waals surface area (Å²) in [5.74, 6) is 1.47. The van der Waals surface area contributed by atoms with Crippen molar-refractivity contribution < 1.29 is 0 Å². The Labute approximate surface area is 157 Å².